The summed E-state index contributed by atoms with van der Waals surface area (Å²) >= 11 is 0. The number of allylic oxidation sites excluding steroid dienone is 1. The van der Waals surface area contributed by atoms with Gasteiger partial charge in [-0.15, -0.1) is 0 Å². The molecule has 1 nitrogen and oxygen atoms in total. The molecular formula is C14H20FN. The number of benzene rings is 1. The standard InChI is InChI=1S/C14H20FN/c1-10(2)8-14(16)9-11(3)12-4-6-13(15)7-5-12/h4-8,11,14H,9,16H2,1-3H3/t11-,14?/m0/s1. The van der Waals surface area contributed by atoms with E-state index in [4.69, 9.17) is 5.73 Å². The summed E-state index contributed by atoms with van der Waals surface area (Å²) in [7, 11) is 0. The fourth-order valence-electron chi connectivity index (χ4n) is 1.83. The van der Waals surface area contributed by atoms with Crippen LogP contribution in [0.5, 0.6) is 0 Å². The lowest BCUT2D eigenvalue weighted by atomic mass is 9.93. The van der Waals surface area contributed by atoms with Gasteiger partial charge in [-0.25, -0.2) is 4.39 Å². The van der Waals surface area contributed by atoms with Gasteiger partial charge in [0.2, 0.25) is 0 Å². The molecule has 1 aromatic rings. The van der Waals surface area contributed by atoms with Gasteiger partial charge in [0.15, 0.2) is 0 Å². The fraction of sp³-hybridized carbons (Fsp3) is 0.429. The van der Waals surface area contributed by atoms with Gasteiger partial charge in [-0.05, 0) is 43.9 Å². The zero-order chi connectivity index (χ0) is 12.1. The molecule has 0 aromatic heterocycles. The Bertz CT molecular complexity index is 350. The maximum atomic E-state index is 12.8. The maximum absolute atomic E-state index is 12.8. The zero-order valence-corrected chi connectivity index (χ0v) is 10.2. The molecule has 0 radical (unpaired) electrons. The van der Waals surface area contributed by atoms with Crippen molar-refractivity contribution in [1.82, 2.24) is 0 Å². The second-order valence-corrected chi connectivity index (χ2v) is 4.60. The third-order valence-electron chi connectivity index (χ3n) is 2.61. The fourth-order valence-corrected chi connectivity index (χ4v) is 1.83. The minimum atomic E-state index is -0.190. The minimum Gasteiger partial charge on any atom is -0.324 e. The van der Waals surface area contributed by atoms with Gasteiger partial charge in [-0.1, -0.05) is 30.7 Å². The molecule has 0 aliphatic heterocycles. The van der Waals surface area contributed by atoms with E-state index in [1.807, 2.05) is 26.0 Å². The van der Waals surface area contributed by atoms with Crippen molar-refractivity contribution in [3.05, 3.63) is 47.3 Å². The van der Waals surface area contributed by atoms with E-state index in [9.17, 15) is 4.39 Å². The first-order valence-electron chi connectivity index (χ1n) is 5.65. The Morgan fingerprint density at radius 2 is 1.88 bits per heavy atom. The molecular weight excluding hydrogens is 201 g/mol. The lowest BCUT2D eigenvalue weighted by Crippen LogP contribution is -2.19. The van der Waals surface area contributed by atoms with Gasteiger partial charge in [-0.3, -0.25) is 0 Å². The van der Waals surface area contributed by atoms with Crippen molar-refractivity contribution in [3.8, 4) is 0 Å². The summed E-state index contributed by atoms with van der Waals surface area (Å²) in [6.07, 6.45) is 2.96. The van der Waals surface area contributed by atoms with Gasteiger partial charge in [0.25, 0.3) is 0 Å². The van der Waals surface area contributed by atoms with Crippen LogP contribution < -0.4 is 5.73 Å². The summed E-state index contributed by atoms with van der Waals surface area (Å²) in [6.45, 7) is 6.21. The van der Waals surface area contributed by atoms with Crippen LogP contribution in [0.3, 0.4) is 0 Å². The SMILES string of the molecule is CC(C)=CC(N)C[C@H](C)c1ccc(F)cc1. The van der Waals surface area contributed by atoms with E-state index in [0.717, 1.165) is 12.0 Å². The van der Waals surface area contributed by atoms with Gasteiger partial charge in [-0.2, -0.15) is 0 Å². The topological polar surface area (TPSA) is 26.0 Å². The smallest absolute Gasteiger partial charge is 0.123 e. The highest BCUT2D eigenvalue weighted by Gasteiger charge is 2.09. The molecule has 88 valence electrons. The highest BCUT2D eigenvalue weighted by Crippen LogP contribution is 2.20. The number of halogens is 1. The van der Waals surface area contributed by atoms with Crippen molar-refractivity contribution in [3.63, 3.8) is 0 Å². The van der Waals surface area contributed by atoms with Gasteiger partial charge >= 0.3 is 0 Å². The Balaban J connectivity index is 2.62. The number of nitrogens with two attached hydrogens (primary N) is 1. The second kappa shape index (κ2) is 5.80. The van der Waals surface area contributed by atoms with E-state index in [1.54, 1.807) is 0 Å². The largest absolute Gasteiger partial charge is 0.324 e. The Morgan fingerprint density at radius 1 is 1.31 bits per heavy atom. The molecule has 0 spiro atoms. The van der Waals surface area contributed by atoms with Crippen LogP contribution in [0.2, 0.25) is 0 Å². The van der Waals surface area contributed by atoms with Crippen molar-refractivity contribution in [2.45, 2.75) is 39.2 Å². The van der Waals surface area contributed by atoms with Gasteiger partial charge in [0.05, 0.1) is 0 Å². The average molecular weight is 221 g/mol. The molecule has 1 unspecified atom stereocenters. The molecule has 0 aliphatic carbocycles. The molecule has 0 heterocycles. The van der Waals surface area contributed by atoms with Gasteiger partial charge in [0, 0.05) is 6.04 Å². The summed E-state index contributed by atoms with van der Waals surface area (Å²) in [4.78, 5) is 0. The molecule has 0 bridgehead atoms. The predicted molar refractivity (Wildman–Crippen MR) is 66.8 cm³/mol. The van der Waals surface area contributed by atoms with E-state index in [1.165, 1.54) is 17.7 Å². The van der Waals surface area contributed by atoms with Crippen LogP contribution in [0, 0.1) is 5.82 Å². The van der Waals surface area contributed by atoms with Crippen molar-refractivity contribution < 1.29 is 4.39 Å². The average Bonchev–Trinajstić information content (AvgIpc) is 2.16. The predicted octanol–water partition coefficient (Wildman–Crippen LogP) is 3.61. The normalized spacial score (nSPS) is 14.3. The Kier molecular flexibility index (Phi) is 4.69. The van der Waals surface area contributed by atoms with Crippen LogP contribution in [-0.2, 0) is 0 Å². The van der Waals surface area contributed by atoms with Crippen LogP contribution >= 0.6 is 0 Å². The summed E-state index contributed by atoms with van der Waals surface area (Å²) in [5.74, 6) is 0.163. The molecule has 1 rings (SSSR count). The van der Waals surface area contributed by atoms with Crippen LogP contribution in [0.15, 0.2) is 35.9 Å². The second-order valence-electron chi connectivity index (χ2n) is 4.60. The highest BCUT2D eigenvalue weighted by molar-refractivity contribution is 5.20. The quantitative estimate of drug-likeness (QED) is 0.772. The molecule has 2 heteroatoms. The first-order valence-corrected chi connectivity index (χ1v) is 5.65. The van der Waals surface area contributed by atoms with Crippen LogP contribution in [-0.4, -0.2) is 6.04 Å². The number of hydrogen-bond donors (Lipinski definition) is 1. The van der Waals surface area contributed by atoms with Crippen LogP contribution in [0.1, 0.15) is 38.7 Å². The molecule has 0 fully saturated rings. The molecule has 0 amide bonds. The maximum Gasteiger partial charge on any atom is 0.123 e. The molecule has 0 saturated heterocycles. The lowest BCUT2D eigenvalue weighted by Gasteiger charge is -2.15. The first kappa shape index (κ1) is 12.9. The monoisotopic (exact) mass is 221 g/mol. The third kappa shape index (κ3) is 4.15. The molecule has 2 N–H and O–H groups in total. The summed E-state index contributed by atoms with van der Waals surface area (Å²) in [5.41, 5.74) is 8.37. The van der Waals surface area contributed by atoms with Crippen LogP contribution in [0.25, 0.3) is 0 Å². The van der Waals surface area contributed by atoms with Gasteiger partial charge < -0.3 is 5.73 Å². The van der Waals surface area contributed by atoms with E-state index in [0.29, 0.717) is 5.92 Å². The molecule has 0 aliphatic rings. The van der Waals surface area contributed by atoms with E-state index in [2.05, 4.69) is 13.0 Å². The van der Waals surface area contributed by atoms with Crippen LogP contribution in [0.4, 0.5) is 4.39 Å². The highest BCUT2D eigenvalue weighted by atomic mass is 19.1. The Morgan fingerprint density at radius 3 is 2.38 bits per heavy atom. The first-order chi connectivity index (χ1) is 7.49. The molecule has 2 atom stereocenters. The van der Waals surface area contributed by atoms with Gasteiger partial charge in [0.1, 0.15) is 5.82 Å². The summed E-state index contributed by atoms with van der Waals surface area (Å²) < 4.78 is 12.8. The van der Waals surface area contributed by atoms with E-state index in [-0.39, 0.29) is 11.9 Å². The van der Waals surface area contributed by atoms with Crippen molar-refractivity contribution in [2.75, 3.05) is 0 Å². The number of hydrogen-bond acceptors (Lipinski definition) is 1. The van der Waals surface area contributed by atoms with Crippen molar-refractivity contribution in [1.29, 1.82) is 0 Å². The summed E-state index contributed by atoms with van der Waals surface area (Å²) in [5, 5.41) is 0. The zero-order valence-electron chi connectivity index (χ0n) is 10.2. The molecule has 16 heavy (non-hydrogen) atoms. The van der Waals surface area contributed by atoms with Crippen molar-refractivity contribution >= 4 is 0 Å². The Hall–Kier alpha value is -1.15. The van der Waals surface area contributed by atoms with Crippen molar-refractivity contribution in [2.24, 2.45) is 5.73 Å². The number of rotatable bonds is 4. The minimum absolute atomic E-state index is 0.0741. The molecule has 0 saturated carbocycles. The lowest BCUT2D eigenvalue weighted by molar-refractivity contribution is 0.609. The third-order valence-corrected chi connectivity index (χ3v) is 2.61. The van der Waals surface area contributed by atoms with E-state index >= 15 is 0 Å². The summed E-state index contributed by atoms with van der Waals surface area (Å²) in [6, 6.07) is 6.73. The van der Waals surface area contributed by atoms with E-state index < -0.39 is 0 Å². The molecule has 1 aromatic carbocycles. The Labute approximate surface area is 97.2 Å².